The number of carbonyl (C=O) groups is 2. The summed E-state index contributed by atoms with van der Waals surface area (Å²) in [6.45, 7) is 9.71. The van der Waals surface area contributed by atoms with Crippen LogP contribution in [-0.2, 0) is 9.53 Å². The molecule has 0 aliphatic carbocycles. The standard InChI is InChI=1S/C25H37N5O3/c1-25(2,3)22(23(31)30-14-12-29(4)13-15-30)28-24(32)27-20-11-8-16-33-17-19(20)21(26)18-9-6-5-7-10-18/h5-7,9-10,22H,8,11-17,26H2,1-4H3,(H,28,32). The Kier molecular flexibility index (Phi) is 8.26. The summed E-state index contributed by atoms with van der Waals surface area (Å²) >= 11 is 0. The molecule has 1 aromatic carbocycles. The molecule has 2 aliphatic rings. The smallest absolute Gasteiger partial charge is 0.341 e. The normalized spacial score (nSPS) is 21.9. The first-order valence-electron chi connectivity index (χ1n) is 11.6. The van der Waals surface area contributed by atoms with Gasteiger partial charge in [-0.1, -0.05) is 51.1 Å². The molecule has 2 aliphatic heterocycles. The van der Waals surface area contributed by atoms with Crippen molar-refractivity contribution < 1.29 is 14.3 Å². The number of nitrogens with two attached hydrogens (primary N) is 1. The fourth-order valence-corrected chi connectivity index (χ4v) is 4.04. The summed E-state index contributed by atoms with van der Waals surface area (Å²) in [5, 5.41) is 2.90. The third-order valence-corrected chi connectivity index (χ3v) is 6.14. The molecule has 1 aromatic rings. The van der Waals surface area contributed by atoms with E-state index in [1.807, 2.05) is 63.1 Å². The Labute approximate surface area is 196 Å². The summed E-state index contributed by atoms with van der Waals surface area (Å²) in [6.07, 6.45) is 1.34. The van der Waals surface area contributed by atoms with Crippen LogP contribution in [0.2, 0.25) is 0 Å². The van der Waals surface area contributed by atoms with Crippen LogP contribution in [0.25, 0.3) is 5.70 Å². The first-order valence-corrected chi connectivity index (χ1v) is 11.6. The van der Waals surface area contributed by atoms with Gasteiger partial charge in [0.05, 0.1) is 12.3 Å². The fourth-order valence-electron chi connectivity index (χ4n) is 4.04. The van der Waals surface area contributed by atoms with Gasteiger partial charge in [0.25, 0.3) is 0 Å². The maximum absolute atomic E-state index is 13.3. The van der Waals surface area contributed by atoms with Crippen LogP contribution in [0.1, 0.15) is 39.2 Å². The van der Waals surface area contributed by atoms with Crippen LogP contribution in [0.4, 0.5) is 4.79 Å². The summed E-state index contributed by atoms with van der Waals surface area (Å²) in [5.41, 5.74) is 8.77. The van der Waals surface area contributed by atoms with Gasteiger partial charge in [0, 0.05) is 44.1 Å². The van der Waals surface area contributed by atoms with Crippen LogP contribution in [-0.4, -0.2) is 79.9 Å². The Balaban J connectivity index is 1.83. The van der Waals surface area contributed by atoms with Crippen LogP contribution in [0.3, 0.4) is 0 Å². The molecule has 3 N–H and O–H groups in total. The molecule has 2 saturated heterocycles. The lowest BCUT2D eigenvalue weighted by atomic mass is 9.85. The molecular formula is C25H37N5O3. The van der Waals surface area contributed by atoms with Crippen LogP contribution in [0.5, 0.6) is 0 Å². The number of hydrogen-bond donors (Lipinski definition) is 2. The average molecular weight is 456 g/mol. The van der Waals surface area contributed by atoms with E-state index in [1.165, 1.54) is 0 Å². The lowest BCUT2D eigenvalue weighted by Gasteiger charge is -2.38. The highest BCUT2D eigenvalue weighted by Gasteiger charge is 2.36. The Morgan fingerprint density at radius 1 is 1.12 bits per heavy atom. The van der Waals surface area contributed by atoms with Crippen molar-refractivity contribution in [2.24, 2.45) is 16.1 Å². The summed E-state index contributed by atoms with van der Waals surface area (Å²) in [6, 6.07) is 8.43. The second kappa shape index (κ2) is 10.9. The largest absolute Gasteiger partial charge is 0.398 e. The molecule has 3 rings (SSSR count). The van der Waals surface area contributed by atoms with Gasteiger partial charge in [0.1, 0.15) is 6.04 Å². The minimum absolute atomic E-state index is 0.0621. The van der Waals surface area contributed by atoms with Crippen LogP contribution in [0.15, 0.2) is 40.9 Å². The molecule has 1 unspecified atom stereocenters. The van der Waals surface area contributed by atoms with Crippen molar-refractivity contribution in [2.75, 3.05) is 46.4 Å². The number of aliphatic imine (C=N–C) groups is 1. The zero-order valence-corrected chi connectivity index (χ0v) is 20.3. The predicted octanol–water partition coefficient (Wildman–Crippen LogP) is 2.51. The van der Waals surface area contributed by atoms with Crippen molar-refractivity contribution >= 4 is 23.3 Å². The van der Waals surface area contributed by atoms with Gasteiger partial charge in [0.15, 0.2) is 0 Å². The maximum atomic E-state index is 13.3. The highest BCUT2D eigenvalue weighted by Crippen LogP contribution is 2.23. The minimum atomic E-state index is -0.668. The second-order valence-electron chi connectivity index (χ2n) is 9.85. The molecule has 3 amide bonds. The molecule has 180 valence electrons. The number of carbonyl (C=O) groups excluding carboxylic acids is 2. The highest BCUT2D eigenvalue weighted by atomic mass is 16.5. The molecule has 0 saturated carbocycles. The number of piperazine rings is 1. The van der Waals surface area contributed by atoms with Crippen LogP contribution in [0, 0.1) is 5.41 Å². The summed E-state index contributed by atoms with van der Waals surface area (Å²) in [5.74, 6) is -0.0621. The van der Waals surface area contributed by atoms with E-state index in [2.05, 4.69) is 15.2 Å². The molecule has 0 bridgehead atoms. The molecule has 8 heteroatoms. The number of likely N-dealkylation sites (N-methyl/N-ethyl adjacent to an activating group) is 1. The van der Waals surface area contributed by atoms with Crippen molar-refractivity contribution in [1.29, 1.82) is 0 Å². The summed E-state index contributed by atoms with van der Waals surface area (Å²) in [7, 11) is 2.05. The average Bonchev–Trinajstić information content (AvgIpc) is 3.02. The molecule has 0 radical (unpaired) electrons. The quantitative estimate of drug-likeness (QED) is 0.729. The number of benzene rings is 1. The van der Waals surface area contributed by atoms with E-state index < -0.39 is 17.5 Å². The van der Waals surface area contributed by atoms with Gasteiger partial charge in [0.2, 0.25) is 5.91 Å². The second-order valence-corrected chi connectivity index (χ2v) is 9.85. The number of ether oxygens (including phenoxy) is 1. The number of nitrogens with one attached hydrogen (secondary N) is 1. The van der Waals surface area contributed by atoms with E-state index >= 15 is 0 Å². The zero-order chi connectivity index (χ0) is 24.0. The third kappa shape index (κ3) is 6.65. The Morgan fingerprint density at radius 3 is 2.42 bits per heavy atom. The van der Waals surface area contributed by atoms with E-state index in [-0.39, 0.29) is 5.91 Å². The van der Waals surface area contributed by atoms with E-state index in [4.69, 9.17) is 10.5 Å². The predicted molar refractivity (Wildman–Crippen MR) is 131 cm³/mol. The van der Waals surface area contributed by atoms with Crippen molar-refractivity contribution in [1.82, 2.24) is 15.1 Å². The number of urea groups is 1. The van der Waals surface area contributed by atoms with Crippen molar-refractivity contribution in [3.05, 3.63) is 41.5 Å². The molecule has 1 atom stereocenters. The van der Waals surface area contributed by atoms with Gasteiger partial charge in [-0.15, -0.1) is 0 Å². The number of amides is 3. The topological polar surface area (TPSA) is 100 Å². The van der Waals surface area contributed by atoms with Crippen molar-refractivity contribution in [3.63, 3.8) is 0 Å². The van der Waals surface area contributed by atoms with Crippen LogP contribution < -0.4 is 11.1 Å². The lowest BCUT2D eigenvalue weighted by Crippen LogP contribution is -2.57. The molecule has 33 heavy (non-hydrogen) atoms. The van der Waals surface area contributed by atoms with E-state index in [0.717, 1.165) is 30.6 Å². The summed E-state index contributed by atoms with van der Waals surface area (Å²) in [4.78, 5) is 34.7. The number of hydrogen-bond acceptors (Lipinski definition) is 5. The fraction of sp³-hybridized carbons (Fsp3) is 0.560. The maximum Gasteiger partial charge on any atom is 0.341 e. The summed E-state index contributed by atoms with van der Waals surface area (Å²) < 4.78 is 5.71. The number of rotatable bonds is 3. The van der Waals surface area contributed by atoms with Gasteiger partial charge >= 0.3 is 6.03 Å². The zero-order valence-electron chi connectivity index (χ0n) is 20.3. The molecule has 0 spiro atoms. The molecule has 2 fully saturated rings. The molecule has 0 aromatic heterocycles. The third-order valence-electron chi connectivity index (χ3n) is 6.14. The van der Waals surface area contributed by atoms with Gasteiger partial charge in [-0.25, -0.2) is 4.79 Å². The van der Waals surface area contributed by atoms with Gasteiger partial charge < -0.3 is 25.6 Å². The first kappa shape index (κ1) is 24.9. The van der Waals surface area contributed by atoms with Crippen LogP contribution >= 0.6 is 0 Å². The highest BCUT2D eigenvalue weighted by molar-refractivity contribution is 6.10. The lowest BCUT2D eigenvalue weighted by molar-refractivity contribution is -0.137. The van der Waals surface area contributed by atoms with E-state index in [0.29, 0.717) is 44.1 Å². The van der Waals surface area contributed by atoms with Crippen molar-refractivity contribution in [3.8, 4) is 0 Å². The van der Waals surface area contributed by atoms with Gasteiger partial charge in [-0.2, -0.15) is 4.99 Å². The Bertz CT molecular complexity index is 896. The molecule has 2 heterocycles. The van der Waals surface area contributed by atoms with Gasteiger partial charge in [-0.3, -0.25) is 4.79 Å². The Hall–Kier alpha value is -2.71. The minimum Gasteiger partial charge on any atom is -0.398 e. The number of nitrogens with zero attached hydrogens (tertiary/aromatic N) is 3. The first-order chi connectivity index (χ1) is 15.7. The van der Waals surface area contributed by atoms with Gasteiger partial charge in [-0.05, 0) is 30.9 Å². The van der Waals surface area contributed by atoms with Crippen molar-refractivity contribution in [2.45, 2.75) is 39.7 Å². The van der Waals surface area contributed by atoms with E-state index in [9.17, 15) is 9.59 Å². The Morgan fingerprint density at radius 2 is 1.79 bits per heavy atom. The molecular weight excluding hydrogens is 418 g/mol. The molecule has 8 nitrogen and oxygen atoms in total. The monoisotopic (exact) mass is 455 g/mol. The van der Waals surface area contributed by atoms with E-state index in [1.54, 1.807) is 0 Å². The SMILES string of the molecule is CN1CCN(C(=O)C(NC(=O)N=C2CCCOCC2=C(N)c2ccccc2)C(C)(C)C)CC1.